The Labute approximate surface area is 462 Å². The zero-order valence-corrected chi connectivity index (χ0v) is 50.4. The summed E-state index contributed by atoms with van der Waals surface area (Å²) >= 11 is 0. The zero-order chi connectivity index (χ0) is 54.8. The average molecular weight is 1060 g/mol. The van der Waals surface area contributed by atoms with Gasteiger partial charge in [-0.1, -0.05) is 183 Å². The molecule has 0 spiro atoms. The summed E-state index contributed by atoms with van der Waals surface area (Å²) in [6.07, 6.45) is 38.8. The highest BCUT2D eigenvalue weighted by molar-refractivity contribution is 5.70. The Morgan fingerprint density at radius 1 is 0.413 bits per heavy atom. The lowest BCUT2D eigenvalue weighted by Crippen LogP contribution is -2.42. The van der Waals surface area contributed by atoms with Crippen LogP contribution in [0, 0.1) is 11.8 Å². The Bertz CT molecular complexity index is 1230. The molecule has 0 aromatic rings. The van der Waals surface area contributed by atoms with Crippen LogP contribution in [0.5, 0.6) is 0 Å². The minimum absolute atomic E-state index is 0.0931. The lowest BCUT2D eigenvalue weighted by Gasteiger charge is -2.31. The molecule has 1 rings (SSSR count). The van der Waals surface area contributed by atoms with Crippen LogP contribution >= 0.6 is 0 Å². The van der Waals surface area contributed by atoms with Gasteiger partial charge in [-0.3, -0.25) is 14.5 Å². The van der Waals surface area contributed by atoms with Crippen LogP contribution in [0.25, 0.3) is 0 Å². The Hall–Kier alpha value is -2.60. The fraction of sp³-hybridized carbons (Fsp3) is 0.937. The van der Waals surface area contributed by atoms with E-state index in [9.17, 15) is 19.2 Å². The summed E-state index contributed by atoms with van der Waals surface area (Å²) in [6, 6.07) is 0.316. The number of hydrogen-bond acceptors (Lipinski definition) is 10. The van der Waals surface area contributed by atoms with Crippen LogP contribution in [0.3, 0.4) is 0 Å². The van der Waals surface area contributed by atoms with Crippen molar-refractivity contribution in [2.75, 3.05) is 85.8 Å². The maximum Gasteiger partial charge on any atom is 0.409 e. The summed E-state index contributed by atoms with van der Waals surface area (Å²) in [5, 5.41) is 0. The van der Waals surface area contributed by atoms with Crippen molar-refractivity contribution in [3.8, 4) is 0 Å². The summed E-state index contributed by atoms with van der Waals surface area (Å²) in [5.41, 5.74) is 0. The molecular formula is C63H122N4O8. The lowest BCUT2D eigenvalue weighted by molar-refractivity contribution is -0.146. The van der Waals surface area contributed by atoms with Crippen LogP contribution < -0.4 is 0 Å². The third-order valence-corrected chi connectivity index (χ3v) is 15.7. The number of nitrogens with zero attached hydrogens (tertiary/aromatic N) is 4. The van der Waals surface area contributed by atoms with Gasteiger partial charge in [-0.05, 0) is 115 Å². The molecule has 1 atom stereocenters. The first kappa shape index (κ1) is 70.4. The predicted molar refractivity (Wildman–Crippen MR) is 312 cm³/mol. The fourth-order valence-corrected chi connectivity index (χ4v) is 10.6. The monoisotopic (exact) mass is 1060 g/mol. The molecule has 0 radical (unpaired) electrons. The maximum absolute atomic E-state index is 13.8. The fourth-order valence-electron chi connectivity index (χ4n) is 10.6. The van der Waals surface area contributed by atoms with Crippen LogP contribution in [0.4, 0.5) is 9.59 Å². The molecule has 0 saturated carbocycles. The molecule has 0 aromatic heterocycles. The standard InChI is InChI=1S/C63H122N4O8/c1-8-14-20-22-32-46-66(48-34-24-30-42-60(68)74-55-57(37-26-16-10-3)38-27-17-11-4)62(70)72-53-51-65(59-41-36-45-64(7)50-44-59)52-54-73-63(71)67(47-33-23-21-15-9-2)49-35-25-31-43-61(69)75-56-58(39-28-18-12-5)40-29-19-13-6/h57-59H,8-56H2,1-7H3. The summed E-state index contributed by atoms with van der Waals surface area (Å²) in [5.74, 6) is 0.747. The average Bonchev–Trinajstić information content (AvgIpc) is 3.63. The molecule has 0 bridgehead atoms. The van der Waals surface area contributed by atoms with Gasteiger partial charge < -0.3 is 33.6 Å². The summed E-state index contributed by atoms with van der Waals surface area (Å²) in [6.45, 7) is 20.9. The number of likely N-dealkylation sites (tertiary alicyclic amines) is 1. The Balaban J connectivity index is 2.81. The smallest absolute Gasteiger partial charge is 0.409 e. The van der Waals surface area contributed by atoms with Crippen LogP contribution in [0.15, 0.2) is 0 Å². The summed E-state index contributed by atoms with van der Waals surface area (Å²) < 4.78 is 23.7. The van der Waals surface area contributed by atoms with E-state index >= 15 is 0 Å². The number of carbonyl (C=O) groups excluding carboxylic acids is 4. The second-order valence-corrected chi connectivity index (χ2v) is 22.7. The highest BCUT2D eigenvalue weighted by atomic mass is 16.6. The SMILES string of the molecule is CCCCCCCN(CCCCCC(=O)OCC(CCCCC)CCCCC)C(=O)OCCN(CCOC(=O)N(CCCCCCC)CCCCCC(=O)OCC(CCCCC)CCCCC)C1CCCN(C)CC1. The first-order valence-corrected chi connectivity index (χ1v) is 32.2. The maximum atomic E-state index is 13.8. The molecule has 442 valence electrons. The summed E-state index contributed by atoms with van der Waals surface area (Å²) in [7, 11) is 2.18. The Kier molecular flexibility index (Phi) is 47.8. The van der Waals surface area contributed by atoms with Crippen molar-refractivity contribution in [3.63, 3.8) is 0 Å². The van der Waals surface area contributed by atoms with Gasteiger partial charge >= 0.3 is 24.1 Å². The first-order valence-electron chi connectivity index (χ1n) is 32.2. The van der Waals surface area contributed by atoms with Gasteiger partial charge in [0, 0.05) is 58.2 Å². The Morgan fingerprint density at radius 2 is 0.760 bits per heavy atom. The van der Waals surface area contributed by atoms with Crippen LogP contribution in [0.1, 0.15) is 279 Å². The number of rotatable bonds is 51. The molecule has 0 aromatic carbocycles. The molecule has 1 unspecified atom stereocenters. The molecule has 1 saturated heterocycles. The van der Waals surface area contributed by atoms with Gasteiger partial charge in [0.25, 0.3) is 0 Å². The van der Waals surface area contributed by atoms with E-state index in [-0.39, 0.29) is 37.3 Å². The molecule has 1 fully saturated rings. The molecule has 75 heavy (non-hydrogen) atoms. The quantitative estimate of drug-likeness (QED) is 0.0331. The van der Waals surface area contributed by atoms with Gasteiger partial charge in [0.05, 0.1) is 13.2 Å². The van der Waals surface area contributed by atoms with Crippen molar-refractivity contribution < 1.29 is 38.1 Å². The van der Waals surface area contributed by atoms with Crippen molar-refractivity contribution >= 4 is 24.1 Å². The van der Waals surface area contributed by atoms with Crippen LogP contribution in [0.2, 0.25) is 0 Å². The normalized spacial score (nSPS) is 14.1. The third-order valence-electron chi connectivity index (χ3n) is 15.7. The van der Waals surface area contributed by atoms with Gasteiger partial charge in [0.15, 0.2) is 0 Å². The van der Waals surface area contributed by atoms with Gasteiger partial charge in [-0.15, -0.1) is 0 Å². The van der Waals surface area contributed by atoms with Gasteiger partial charge in [0.1, 0.15) is 13.2 Å². The topological polar surface area (TPSA) is 118 Å². The van der Waals surface area contributed by atoms with E-state index in [0.717, 1.165) is 122 Å². The van der Waals surface area contributed by atoms with E-state index in [0.29, 0.717) is 83.2 Å². The second kappa shape index (κ2) is 50.9. The highest BCUT2D eigenvalue weighted by Crippen LogP contribution is 2.21. The molecule has 0 N–H and O–H groups in total. The van der Waals surface area contributed by atoms with Crippen molar-refractivity contribution in [1.82, 2.24) is 19.6 Å². The Morgan fingerprint density at radius 3 is 1.13 bits per heavy atom. The first-order chi connectivity index (χ1) is 36.6. The van der Waals surface area contributed by atoms with Gasteiger partial charge in [0.2, 0.25) is 0 Å². The molecule has 12 nitrogen and oxygen atoms in total. The molecular weight excluding hydrogens is 941 g/mol. The second-order valence-electron chi connectivity index (χ2n) is 22.7. The molecule has 1 aliphatic rings. The molecule has 1 heterocycles. The van der Waals surface area contributed by atoms with Crippen molar-refractivity contribution in [3.05, 3.63) is 0 Å². The van der Waals surface area contributed by atoms with E-state index in [2.05, 4.69) is 58.4 Å². The molecule has 2 amide bonds. The van der Waals surface area contributed by atoms with Crippen molar-refractivity contribution in [2.24, 2.45) is 11.8 Å². The third kappa shape index (κ3) is 40.3. The van der Waals surface area contributed by atoms with E-state index in [1.165, 1.54) is 116 Å². The minimum atomic E-state index is -0.259. The van der Waals surface area contributed by atoms with Crippen molar-refractivity contribution in [2.45, 2.75) is 285 Å². The lowest BCUT2D eigenvalue weighted by atomic mass is 9.96. The van der Waals surface area contributed by atoms with Crippen molar-refractivity contribution in [1.29, 1.82) is 0 Å². The van der Waals surface area contributed by atoms with E-state index in [1.807, 2.05) is 9.80 Å². The largest absolute Gasteiger partial charge is 0.465 e. The van der Waals surface area contributed by atoms with Gasteiger partial charge in [-0.25, -0.2) is 9.59 Å². The molecule has 0 aliphatic carbocycles. The number of carbonyl (C=O) groups is 4. The van der Waals surface area contributed by atoms with Crippen LogP contribution in [-0.2, 0) is 28.5 Å². The summed E-state index contributed by atoms with van der Waals surface area (Å²) in [4.78, 5) is 61.6. The zero-order valence-electron chi connectivity index (χ0n) is 50.4. The van der Waals surface area contributed by atoms with Gasteiger partial charge in [-0.2, -0.15) is 0 Å². The number of esters is 2. The van der Waals surface area contributed by atoms with E-state index in [4.69, 9.17) is 18.9 Å². The van der Waals surface area contributed by atoms with E-state index < -0.39 is 0 Å². The highest BCUT2D eigenvalue weighted by Gasteiger charge is 2.24. The van der Waals surface area contributed by atoms with E-state index in [1.54, 1.807) is 0 Å². The predicted octanol–water partition coefficient (Wildman–Crippen LogP) is 16.4. The molecule has 12 heteroatoms. The number of unbranched alkanes of at least 4 members (excludes halogenated alkanes) is 20. The van der Waals surface area contributed by atoms with Crippen LogP contribution in [-0.4, -0.2) is 136 Å². The number of hydrogen-bond donors (Lipinski definition) is 0. The minimum Gasteiger partial charge on any atom is -0.465 e. The number of ether oxygens (including phenoxy) is 4. The number of amides is 2. The molecule has 1 aliphatic heterocycles.